The van der Waals surface area contributed by atoms with Crippen LogP contribution in [0.4, 0.5) is 4.79 Å². The predicted molar refractivity (Wildman–Crippen MR) is 80.4 cm³/mol. The van der Waals surface area contributed by atoms with E-state index in [4.69, 9.17) is 9.84 Å². The van der Waals surface area contributed by atoms with Crippen LogP contribution in [-0.2, 0) is 14.3 Å². The van der Waals surface area contributed by atoms with Crippen LogP contribution < -0.4 is 5.32 Å². The van der Waals surface area contributed by atoms with Gasteiger partial charge in [-0.3, -0.25) is 9.59 Å². The van der Waals surface area contributed by atoms with Crippen LogP contribution in [-0.4, -0.2) is 52.7 Å². The maximum Gasteiger partial charge on any atom is 0.408 e. The lowest BCUT2D eigenvalue weighted by Crippen LogP contribution is -2.50. The summed E-state index contributed by atoms with van der Waals surface area (Å²) in [5.41, 5.74) is -0.702. The van der Waals surface area contributed by atoms with Crippen LogP contribution >= 0.6 is 0 Å². The van der Waals surface area contributed by atoms with Gasteiger partial charge in [0.2, 0.25) is 5.91 Å². The van der Waals surface area contributed by atoms with Gasteiger partial charge in [0.25, 0.3) is 0 Å². The number of carboxylic acid groups (broad SMARTS) is 1. The van der Waals surface area contributed by atoms with Crippen LogP contribution in [0, 0.1) is 5.41 Å². The SMILES string of the molecule is CC1(C)CCN(C(=O)C(CC(=O)O)NC(=O)OC(C)(C)C)C1. The molecule has 0 radical (unpaired) electrons. The molecule has 1 saturated heterocycles. The maximum absolute atomic E-state index is 12.5. The van der Waals surface area contributed by atoms with Crippen LogP contribution in [0.1, 0.15) is 47.5 Å². The van der Waals surface area contributed by atoms with E-state index >= 15 is 0 Å². The number of ether oxygens (including phenoxy) is 1. The van der Waals surface area contributed by atoms with Crippen molar-refractivity contribution < 1.29 is 24.2 Å². The van der Waals surface area contributed by atoms with Gasteiger partial charge >= 0.3 is 12.1 Å². The molecule has 1 heterocycles. The molecule has 1 fully saturated rings. The minimum absolute atomic E-state index is 0.00928. The number of rotatable bonds is 4. The second-order valence-electron chi connectivity index (χ2n) is 7.47. The predicted octanol–water partition coefficient (Wildman–Crippen LogP) is 1.61. The van der Waals surface area contributed by atoms with E-state index in [-0.39, 0.29) is 11.3 Å². The van der Waals surface area contributed by atoms with Crippen LogP contribution in [0.25, 0.3) is 0 Å². The van der Waals surface area contributed by atoms with Crippen LogP contribution in [0.2, 0.25) is 0 Å². The molecule has 0 aromatic carbocycles. The van der Waals surface area contributed by atoms with Gasteiger partial charge in [-0.05, 0) is 32.6 Å². The van der Waals surface area contributed by atoms with Gasteiger partial charge in [-0.25, -0.2) is 4.79 Å². The van der Waals surface area contributed by atoms with Gasteiger partial charge in [0.1, 0.15) is 11.6 Å². The van der Waals surface area contributed by atoms with Crippen molar-refractivity contribution in [3.63, 3.8) is 0 Å². The van der Waals surface area contributed by atoms with Crippen molar-refractivity contribution in [1.82, 2.24) is 10.2 Å². The van der Waals surface area contributed by atoms with Crippen molar-refractivity contribution in [2.45, 2.75) is 59.1 Å². The summed E-state index contributed by atoms with van der Waals surface area (Å²) < 4.78 is 5.09. The van der Waals surface area contributed by atoms with Crippen LogP contribution in [0.3, 0.4) is 0 Å². The number of carbonyl (C=O) groups is 3. The molecular weight excluding hydrogens is 288 g/mol. The Kier molecular flexibility index (Phi) is 5.43. The summed E-state index contributed by atoms with van der Waals surface area (Å²) in [5.74, 6) is -1.52. The van der Waals surface area contributed by atoms with Gasteiger partial charge in [-0.15, -0.1) is 0 Å². The van der Waals surface area contributed by atoms with E-state index in [1.165, 1.54) is 0 Å². The summed E-state index contributed by atoms with van der Waals surface area (Å²) in [6.07, 6.45) is -0.398. The molecule has 2 amide bonds. The highest BCUT2D eigenvalue weighted by molar-refractivity contribution is 5.89. The van der Waals surface area contributed by atoms with Crippen LogP contribution in [0.5, 0.6) is 0 Å². The van der Waals surface area contributed by atoms with Crippen molar-refractivity contribution in [2.24, 2.45) is 5.41 Å². The van der Waals surface area contributed by atoms with Gasteiger partial charge in [0, 0.05) is 13.1 Å². The smallest absolute Gasteiger partial charge is 0.408 e. The van der Waals surface area contributed by atoms with Crippen molar-refractivity contribution >= 4 is 18.0 Å². The minimum Gasteiger partial charge on any atom is -0.481 e. The van der Waals surface area contributed by atoms with E-state index in [2.05, 4.69) is 5.32 Å². The highest BCUT2D eigenvalue weighted by atomic mass is 16.6. The summed E-state index contributed by atoms with van der Waals surface area (Å²) in [7, 11) is 0. The normalized spacial score (nSPS) is 18.7. The van der Waals surface area contributed by atoms with E-state index in [0.29, 0.717) is 13.1 Å². The first-order chi connectivity index (χ1) is 9.89. The molecule has 1 unspecified atom stereocenters. The Morgan fingerprint density at radius 1 is 1.32 bits per heavy atom. The Labute approximate surface area is 131 Å². The maximum atomic E-state index is 12.5. The summed E-state index contributed by atoms with van der Waals surface area (Å²) in [4.78, 5) is 36.8. The minimum atomic E-state index is -1.15. The Morgan fingerprint density at radius 3 is 2.32 bits per heavy atom. The quantitative estimate of drug-likeness (QED) is 0.822. The Balaban J connectivity index is 2.74. The molecule has 1 aliphatic rings. The van der Waals surface area contributed by atoms with Crippen molar-refractivity contribution in [3.8, 4) is 0 Å². The highest BCUT2D eigenvalue weighted by Crippen LogP contribution is 2.29. The third-order valence-electron chi connectivity index (χ3n) is 3.36. The second kappa shape index (κ2) is 6.54. The number of likely N-dealkylation sites (tertiary alicyclic amines) is 1. The number of amides is 2. The molecule has 1 aliphatic heterocycles. The standard InChI is InChI=1S/C15H26N2O5/c1-14(2,3)22-13(21)16-10(8-11(18)19)12(20)17-7-6-15(4,5)9-17/h10H,6-9H2,1-5H3,(H,16,21)(H,18,19). The number of carboxylic acids is 1. The zero-order chi connectivity index (χ0) is 17.1. The molecule has 0 saturated carbocycles. The van der Waals surface area contributed by atoms with Gasteiger partial charge in [0.15, 0.2) is 0 Å². The molecule has 22 heavy (non-hydrogen) atoms. The van der Waals surface area contributed by atoms with E-state index in [1.807, 2.05) is 13.8 Å². The molecule has 0 aliphatic carbocycles. The monoisotopic (exact) mass is 314 g/mol. The lowest BCUT2D eigenvalue weighted by molar-refractivity contribution is -0.142. The highest BCUT2D eigenvalue weighted by Gasteiger charge is 2.36. The van der Waals surface area contributed by atoms with E-state index in [0.717, 1.165) is 6.42 Å². The summed E-state index contributed by atoms with van der Waals surface area (Å²) in [6, 6.07) is -1.11. The molecule has 0 spiro atoms. The van der Waals surface area contributed by atoms with E-state index in [1.54, 1.807) is 25.7 Å². The lowest BCUT2D eigenvalue weighted by atomic mass is 9.93. The Bertz CT molecular complexity index is 453. The third kappa shape index (κ3) is 5.91. The van der Waals surface area contributed by atoms with Crippen LogP contribution in [0.15, 0.2) is 0 Å². The zero-order valence-electron chi connectivity index (χ0n) is 13.9. The first-order valence-electron chi connectivity index (χ1n) is 7.40. The average molecular weight is 314 g/mol. The number of nitrogens with zero attached hydrogens (tertiary/aromatic N) is 1. The fourth-order valence-electron chi connectivity index (χ4n) is 2.35. The van der Waals surface area contributed by atoms with E-state index in [9.17, 15) is 14.4 Å². The zero-order valence-corrected chi connectivity index (χ0v) is 13.9. The number of hydrogen-bond donors (Lipinski definition) is 2. The second-order valence-corrected chi connectivity index (χ2v) is 7.47. The average Bonchev–Trinajstić information content (AvgIpc) is 2.64. The molecule has 0 aromatic rings. The first kappa shape index (κ1) is 18.3. The Hall–Kier alpha value is -1.79. The number of nitrogens with one attached hydrogen (secondary N) is 1. The summed E-state index contributed by atoms with van der Waals surface area (Å²) in [6.45, 7) is 10.3. The third-order valence-corrected chi connectivity index (χ3v) is 3.36. The number of alkyl carbamates (subject to hydrolysis) is 1. The molecule has 7 nitrogen and oxygen atoms in total. The Morgan fingerprint density at radius 2 is 1.91 bits per heavy atom. The number of hydrogen-bond acceptors (Lipinski definition) is 4. The fourth-order valence-corrected chi connectivity index (χ4v) is 2.35. The lowest BCUT2D eigenvalue weighted by Gasteiger charge is -2.26. The molecular formula is C15H26N2O5. The topological polar surface area (TPSA) is 95.9 Å². The van der Waals surface area contributed by atoms with Gasteiger partial charge in [0.05, 0.1) is 6.42 Å². The van der Waals surface area contributed by atoms with Crippen molar-refractivity contribution in [2.75, 3.05) is 13.1 Å². The van der Waals surface area contributed by atoms with Crippen molar-refractivity contribution in [1.29, 1.82) is 0 Å². The molecule has 126 valence electrons. The van der Waals surface area contributed by atoms with E-state index < -0.39 is 30.1 Å². The molecule has 0 bridgehead atoms. The fraction of sp³-hybridized carbons (Fsp3) is 0.800. The number of aliphatic carboxylic acids is 1. The summed E-state index contributed by atoms with van der Waals surface area (Å²) in [5, 5.41) is 11.3. The largest absolute Gasteiger partial charge is 0.481 e. The summed E-state index contributed by atoms with van der Waals surface area (Å²) >= 11 is 0. The molecule has 2 N–H and O–H groups in total. The molecule has 1 atom stereocenters. The van der Waals surface area contributed by atoms with Gasteiger partial charge in [-0.2, -0.15) is 0 Å². The van der Waals surface area contributed by atoms with Gasteiger partial charge in [-0.1, -0.05) is 13.8 Å². The number of carbonyl (C=O) groups excluding carboxylic acids is 2. The molecule has 0 aromatic heterocycles. The molecule has 7 heteroatoms. The first-order valence-corrected chi connectivity index (χ1v) is 7.40. The van der Waals surface area contributed by atoms with Crippen molar-refractivity contribution in [3.05, 3.63) is 0 Å². The van der Waals surface area contributed by atoms with Gasteiger partial charge < -0.3 is 20.1 Å². The molecule has 1 rings (SSSR count).